The van der Waals surface area contributed by atoms with Crippen LogP contribution in [0.25, 0.3) is 11.0 Å². The van der Waals surface area contributed by atoms with E-state index in [1.165, 1.54) is 0 Å². The monoisotopic (exact) mass is 371 g/mol. The van der Waals surface area contributed by atoms with Gasteiger partial charge in [0.1, 0.15) is 6.10 Å². The number of fused-ring (bicyclic) bond motifs is 1. The van der Waals surface area contributed by atoms with E-state index in [0.717, 1.165) is 11.0 Å². The minimum atomic E-state index is -0.367. The van der Waals surface area contributed by atoms with Crippen LogP contribution < -0.4 is 0 Å². The first-order chi connectivity index (χ1) is 13.2. The molecular formula is C17H21N7O3. The van der Waals surface area contributed by atoms with Crippen molar-refractivity contribution in [2.75, 3.05) is 33.4 Å². The Balaban J connectivity index is 1.52. The number of carbonyl (C=O) groups excluding carboxylic acids is 1. The van der Waals surface area contributed by atoms with E-state index in [2.05, 4.69) is 20.5 Å². The quantitative estimate of drug-likeness (QED) is 0.641. The first kappa shape index (κ1) is 17.6. The van der Waals surface area contributed by atoms with Crippen molar-refractivity contribution in [3.63, 3.8) is 0 Å². The van der Waals surface area contributed by atoms with Crippen molar-refractivity contribution in [1.82, 2.24) is 34.7 Å². The maximum Gasteiger partial charge on any atom is 0.254 e. The number of imidazole rings is 1. The van der Waals surface area contributed by atoms with Gasteiger partial charge in [-0.15, -0.1) is 5.10 Å². The predicted molar refractivity (Wildman–Crippen MR) is 95.0 cm³/mol. The standard InChI is InChI=1S/C17H21N7O3/c1-22-11-18-13-9-12(3-4-14(13)22)17(25)23-5-8-27-15(10-23)16-19-20-21-24(16)6-7-26-2/h3-4,9,11,15H,5-8,10H2,1-2H3/t15-/m1/s1. The zero-order valence-electron chi connectivity index (χ0n) is 15.3. The molecule has 0 spiro atoms. The molecule has 1 amide bonds. The third-order valence-corrected chi connectivity index (χ3v) is 4.68. The van der Waals surface area contributed by atoms with Crippen LogP contribution in [0.5, 0.6) is 0 Å². The Hall–Kier alpha value is -2.85. The zero-order valence-corrected chi connectivity index (χ0v) is 15.3. The van der Waals surface area contributed by atoms with Gasteiger partial charge in [0.15, 0.2) is 5.82 Å². The van der Waals surface area contributed by atoms with E-state index in [-0.39, 0.29) is 12.0 Å². The number of amides is 1. The second-order valence-corrected chi connectivity index (χ2v) is 6.42. The molecule has 2 aromatic heterocycles. The van der Waals surface area contributed by atoms with Gasteiger partial charge in [-0.25, -0.2) is 9.67 Å². The van der Waals surface area contributed by atoms with Crippen molar-refractivity contribution in [3.8, 4) is 0 Å². The summed E-state index contributed by atoms with van der Waals surface area (Å²) in [6.45, 7) is 2.38. The van der Waals surface area contributed by atoms with Crippen molar-refractivity contribution in [3.05, 3.63) is 35.9 Å². The van der Waals surface area contributed by atoms with Gasteiger partial charge >= 0.3 is 0 Å². The molecule has 3 aromatic rings. The number of hydrogen-bond donors (Lipinski definition) is 0. The summed E-state index contributed by atoms with van der Waals surface area (Å²) in [5, 5.41) is 11.8. The Kier molecular flexibility index (Phi) is 4.82. The van der Waals surface area contributed by atoms with Gasteiger partial charge < -0.3 is 18.9 Å². The van der Waals surface area contributed by atoms with Gasteiger partial charge in [-0.2, -0.15) is 0 Å². The average Bonchev–Trinajstić information content (AvgIpc) is 3.32. The maximum absolute atomic E-state index is 13.0. The van der Waals surface area contributed by atoms with E-state index in [0.29, 0.717) is 44.2 Å². The van der Waals surface area contributed by atoms with Crippen LogP contribution in [0.15, 0.2) is 24.5 Å². The summed E-state index contributed by atoms with van der Waals surface area (Å²) >= 11 is 0. The molecule has 1 fully saturated rings. The largest absolute Gasteiger partial charge is 0.383 e. The number of aromatic nitrogens is 6. The van der Waals surface area contributed by atoms with Crippen molar-refractivity contribution in [2.45, 2.75) is 12.6 Å². The normalized spacial score (nSPS) is 17.6. The minimum absolute atomic E-state index is 0.0493. The second kappa shape index (κ2) is 7.41. The summed E-state index contributed by atoms with van der Waals surface area (Å²) in [7, 11) is 3.55. The third-order valence-electron chi connectivity index (χ3n) is 4.68. The average molecular weight is 371 g/mol. The SMILES string of the molecule is COCCn1nnnc1[C@H]1CN(C(=O)c2ccc3c(c2)ncn3C)CCO1. The number of hydrogen-bond acceptors (Lipinski definition) is 7. The fourth-order valence-electron chi connectivity index (χ4n) is 3.22. The lowest BCUT2D eigenvalue weighted by molar-refractivity contribution is -0.0292. The molecule has 0 bridgehead atoms. The predicted octanol–water partition coefficient (Wildman–Crippen LogP) is 0.420. The van der Waals surface area contributed by atoms with Gasteiger partial charge in [0.2, 0.25) is 0 Å². The highest BCUT2D eigenvalue weighted by Crippen LogP contribution is 2.22. The highest BCUT2D eigenvalue weighted by molar-refractivity contribution is 5.97. The molecule has 1 aliphatic heterocycles. The lowest BCUT2D eigenvalue weighted by Crippen LogP contribution is -2.43. The summed E-state index contributed by atoms with van der Waals surface area (Å²) in [6.07, 6.45) is 1.37. The summed E-state index contributed by atoms with van der Waals surface area (Å²) in [4.78, 5) is 19.1. The number of benzene rings is 1. The summed E-state index contributed by atoms with van der Waals surface area (Å²) in [6, 6.07) is 5.57. The van der Waals surface area contributed by atoms with Crippen LogP contribution in [-0.2, 0) is 23.1 Å². The topological polar surface area (TPSA) is 100 Å². The molecule has 27 heavy (non-hydrogen) atoms. The van der Waals surface area contributed by atoms with Crippen molar-refractivity contribution < 1.29 is 14.3 Å². The van der Waals surface area contributed by atoms with E-state index in [1.54, 1.807) is 23.0 Å². The molecular weight excluding hydrogens is 350 g/mol. The number of ether oxygens (including phenoxy) is 2. The highest BCUT2D eigenvalue weighted by Gasteiger charge is 2.30. The zero-order chi connectivity index (χ0) is 18.8. The molecule has 1 saturated heterocycles. The number of tetrazole rings is 1. The molecule has 1 aromatic carbocycles. The molecule has 0 saturated carbocycles. The third kappa shape index (κ3) is 3.40. The molecule has 0 radical (unpaired) electrons. The van der Waals surface area contributed by atoms with Crippen LogP contribution in [0, 0.1) is 0 Å². The van der Waals surface area contributed by atoms with E-state index < -0.39 is 0 Å². The molecule has 3 heterocycles. The molecule has 10 nitrogen and oxygen atoms in total. The van der Waals surface area contributed by atoms with Crippen LogP contribution >= 0.6 is 0 Å². The van der Waals surface area contributed by atoms with Crippen LogP contribution in [0.1, 0.15) is 22.3 Å². The van der Waals surface area contributed by atoms with Gasteiger partial charge in [0, 0.05) is 26.3 Å². The van der Waals surface area contributed by atoms with Gasteiger partial charge in [0.05, 0.1) is 43.7 Å². The molecule has 0 N–H and O–H groups in total. The fourth-order valence-corrected chi connectivity index (χ4v) is 3.22. The number of rotatable bonds is 5. The fraction of sp³-hybridized carbons (Fsp3) is 0.471. The molecule has 0 unspecified atom stereocenters. The van der Waals surface area contributed by atoms with Gasteiger partial charge in [0.25, 0.3) is 5.91 Å². The van der Waals surface area contributed by atoms with E-state index >= 15 is 0 Å². The van der Waals surface area contributed by atoms with Gasteiger partial charge in [-0.1, -0.05) is 0 Å². The minimum Gasteiger partial charge on any atom is -0.383 e. The molecule has 1 atom stereocenters. The number of aryl methyl sites for hydroxylation is 1. The Morgan fingerprint density at radius 1 is 1.41 bits per heavy atom. The van der Waals surface area contributed by atoms with E-state index in [9.17, 15) is 4.79 Å². The summed E-state index contributed by atoms with van der Waals surface area (Å²) in [5.41, 5.74) is 2.40. The number of morpholine rings is 1. The molecule has 0 aliphatic carbocycles. The van der Waals surface area contributed by atoms with Crippen molar-refractivity contribution in [2.24, 2.45) is 7.05 Å². The summed E-state index contributed by atoms with van der Waals surface area (Å²) < 4.78 is 14.5. The first-order valence-corrected chi connectivity index (χ1v) is 8.74. The Labute approximate surface area is 155 Å². The molecule has 142 valence electrons. The van der Waals surface area contributed by atoms with Gasteiger partial charge in [-0.05, 0) is 28.6 Å². The Morgan fingerprint density at radius 2 is 2.30 bits per heavy atom. The second-order valence-electron chi connectivity index (χ2n) is 6.42. The molecule has 1 aliphatic rings. The maximum atomic E-state index is 13.0. The highest BCUT2D eigenvalue weighted by atomic mass is 16.5. The lowest BCUT2D eigenvalue weighted by atomic mass is 10.1. The number of nitrogens with zero attached hydrogens (tertiary/aromatic N) is 7. The van der Waals surface area contributed by atoms with Crippen LogP contribution in [0.3, 0.4) is 0 Å². The van der Waals surface area contributed by atoms with Crippen LogP contribution in [0.4, 0.5) is 0 Å². The van der Waals surface area contributed by atoms with E-state index in [4.69, 9.17) is 9.47 Å². The van der Waals surface area contributed by atoms with Crippen molar-refractivity contribution >= 4 is 16.9 Å². The van der Waals surface area contributed by atoms with Crippen LogP contribution in [0.2, 0.25) is 0 Å². The van der Waals surface area contributed by atoms with Crippen LogP contribution in [-0.4, -0.2) is 74.0 Å². The smallest absolute Gasteiger partial charge is 0.254 e. The lowest BCUT2D eigenvalue weighted by Gasteiger charge is -2.32. The molecule has 10 heteroatoms. The van der Waals surface area contributed by atoms with Crippen molar-refractivity contribution in [1.29, 1.82) is 0 Å². The van der Waals surface area contributed by atoms with E-state index in [1.807, 2.05) is 29.8 Å². The molecule has 4 rings (SSSR count). The Morgan fingerprint density at radius 3 is 3.15 bits per heavy atom. The first-order valence-electron chi connectivity index (χ1n) is 8.74. The number of carbonyl (C=O) groups is 1. The Bertz CT molecular complexity index is 951. The summed E-state index contributed by atoms with van der Waals surface area (Å²) in [5.74, 6) is 0.552. The van der Waals surface area contributed by atoms with Gasteiger partial charge in [-0.3, -0.25) is 4.79 Å². The number of methoxy groups -OCH3 is 1.